The van der Waals surface area contributed by atoms with Gasteiger partial charge in [-0.2, -0.15) is 0 Å². The Morgan fingerprint density at radius 1 is 1.36 bits per heavy atom. The first-order chi connectivity index (χ1) is 10.7. The minimum absolute atomic E-state index is 0.652. The first-order valence-electron chi connectivity index (χ1n) is 7.46. The number of pyridine rings is 1. The van der Waals surface area contributed by atoms with E-state index in [1.165, 1.54) is 5.56 Å². The highest BCUT2D eigenvalue weighted by Crippen LogP contribution is 2.01. The molecule has 0 unspecified atom stereocenters. The molecule has 0 aromatic carbocycles. The topological polar surface area (TPSA) is 80.0 Å². The van der Waals surface area contributed by atoms with Gasteiger partial charge in [-0.3, -0.25) is 9.98 Å². The third kappa shape index (κ3) is 4.28. The lowest BCUT2D eigenvalue weighted by molar-refractivity contribution is 0.632. The summed E-state index contributed by atoms with van der Waals surface area (Å²) in [6.45, 7) is 6.34. The van der Waals surface area contributed by atoms with Crippen molar-refractivity contribution in [2.75, 3.05) is 13.6 Å². The second kappa shape index (κ2) is 8.11. The molecule has 0 amide bonds. The highest BCUT2D eigenvalue weighted by molar-refractivity contribution is 5.79. The Morgan fingerprint density at radius 3 is 2.95 bits per heavy atom. The van der Waals surface area contributed by atoms with Crippen LogP contribution in [0.2, 0.25) is 0 Å². The van der Waals surface area contributed by atoms with E-state index in [0.29, 0.717) is 6.54 Å². The van der Waals surface area contributed by atoms with Crippen molar-refractivity contribution >= 4 is 5.96 Å². The molecule has 118 valence electrons. The standard InChI is InChI=1S/C15H23N7/c1-4-14-21-20-11-22(14)9-8-18-15(16-3)19-10-13-12(2)6-5-7-17-13/h5-7,11H,4,8-10H2,1-3H3,(H2,16,18,19). The summed E-state index contributed by atoms with van der Waals surface area (Å²) < 4.78 is 2.04. The number of rotatable bonds is 6. The Labute approximate surface area is 130 Å². The summed E-state index contributed by atoms with van der Waals surface area (Å²) in [5.41, 5.74) is 2.19. The molecule has 0 fully saturated rings. The van der Waals surface area contributed by atoms with Crippen molar-refractivity contribution in [1.29, 1.82) is 0 Å². The molecule has 22 heavy (non-hydrogen) atoms. The lowest BCUT2D eigenvalue weighted by Crippen LogP contribution is -2.38. The molecule has 2 aromatic heterocycles. The van der Waals surface area contributed by atoms with Gasteiger partial charge in [0.05, 0.1) is 12.2 Å². The van der Waals surface area contributed by atoms with Gasteiger partial charge in [-0.05, 0) is 18.6 Å². The van der Waals surface area contributed by atoms with Crippen LogP contribution in [-0.4, -0.2) is 39.3 Å². The van der Waals surface area contributed by atoms with E-state index in [2.05, 4.69) is 50.7 Å². The van der Waals surface area contributed by atoms with E-state index in [1.54, 1.807) is 19.6 Å². The quantitative estimate of drug-likeness (QED) is 0.612. The molecule has 0 aliphatic heterocycles. The Hall–Kier alpha value is -2.44. The van der Waals surface area contributed by atoms with Crippen LogP contribution in [0.5, 0.6) is 0 Å². The summed E-state index contributed by atoms with van der Waals surface area (Å²) in [4.78, 5) is 8.58. The maximum atomic E-state index is 4.36. The molecule has 0 aliphatic rings. The molecule has 0 aliphatic carbocycles. The van der Waals surface area contributed by atoms with Crippen LogP contribution < -0.4 is 10.6 Å². The van der Waals surface area contributed by atoms with Gasteiger partial charge >= 0.3 is 0 Å². The van der Waals surface area contributed by atoms with Crippen molar-refractivity contribution in [2.45, 2.75) is 33.4 Å². The Kier molecular flexibility index (Phi) is 5.88. The third-order valence-electron chi connectivity index (χ3n) is 3.42. The van der Waals surface area contributed by atoms with Crippen molar-refractivity contribution < 1.29 is 0 Å². The van der Waals surface area contributed by atoms with Crippen molar-refractivity contribution in [1.82, 2.24) is 30.4 Å². The summed E-state index contributed by atoms with van der Waals surface area (Å²) >= 11 is 0. The number of aliphatic imine (C=N–C) groups is 1. The van der Waals surface area contributed by atoms with E-state index in [0.717, 1.165) is 37.0 Å². The average Bonchev–Trinajstić information content (AvgIpc) is 2.99. The molecule has 2 heterocycles. The fraction of sp³-hybridized carbons (Fsp3) is 0.467. The molecule has 7 nitrogen and oxygen atoms in total. The van der Waals surface area contributed by atoms with Crippen LogP contribution in [0, 0.1) is 6.92 Å². The highest BCUT2D eigenvalue weighted by atomic mass is 15.3. The molecular formula is C15H23N7. The molecular weight excluding hydrogens is 278 g/mol. The fourth-order valence-corrected chi connectivity index (χ4v) is 2.13. The number of aryl methyl sites for hydroxylation is 2. The molecule has 0 atom stereocenters. The zero-order valence-electron chi connectivity index (χ0n) is 13.4. The van der Waals surface area contributed by atoms with Gasteiger partial charge in [-0.15, -0.1) is 10.2 Å². The summed E-state index contributed by atoms with van der Waals surface area (Å²) in [7, 11) is 1.76. The minimum Gasteiger partial charge on any atom is -0.355 e. The lowest BCUT2D eigenvalue weighted by Gasteiger charge is -2.13. The van der Waals surface area contributed by atoms with Crippen LogP contribution in [-0.2, 0) is 19.5 Å². The predicted molar refractivity (Wildman–Crippen MR) is 86.6 cm³/mol. The molecule has 7 heteroatoms. The summed E-state index contributed by atoms with van der Waals surface area (Å²) in [5, 5.41) is 14.6. The van der Waals surface area contributed by atoms with Crippen molar-refractivity contribution in [2.24, 2.45) is 4.99 Å². The van der Waals surface area contributed by atoms with E-state index in [-0.39, 0.29) is 0 Å². The lowest BCUT2D eigenvalue weighted by atomic mass is 10.2. The van der Waals surface area contributed by atoms with Gasteiger partial charge in [0.2, 0.25) is 0 Å². The van der Waals surface area contributed by atoms with E-state index in [9.17, 15) is 0 Å². The number of guanidine groups is 1. The summed E-state index contributed by atoms with van der Waals surface area (Å²) in [6, 6.07) is 3.99. The highest BCUT2D eigenvalue weighted by Gasteiger charge is 2.03. The zero-order valence-corrected chi connectivity index (χ0v) is 13.4. The molecule has 2 aromatic rings. The van der Waals surface area contributed by atoms with Crippen molar-refractivity contribution in [3.63, 3.8) is 0 Å². The smallest absolute Gasteiger partial charge is 0.191 e. The second-order valence-electron chi connectivity index (χ2n) is 4.91. The number of hydrogen-bond acceptors (Lipinski definition) is 4. The molecule has 0 spiro atoms. The number of nitrogens with zero attached hydrogens (tertiary/aromatic N) is 5. The van der Waals surface area contributed by atoms with Crippen LogP contribution in [0.15, 0.2) is 29.6 Å². The van der Waals surface area contributed by atoms with E-state index in [4.69, 9.17) is 0 Å². The van der Waals surface area contributed by atoms with Gasteiger partial charge in [0, 0.05) is 32.8 Å². The second-order valence-corrected chi connectivity index (χ2v) is 4.91. The number of hydrogen-bond donors (Lipinski definition) is 2. The van der Waals surface area contributed by atoms with Gasteiger partial charge < -0.3 is 15.2 Å². The van der Waals surface area contributed by atoms with Gasteiger partial charge in [-0.1, -0.05) is 13.0 Å². The Balaban J connectivity index is 1.79. The SMILES string of the molecule is CCc1nncn1CCNC(=NC)NCc1ncccc1C. The first kappa shape index (κ1) is 15.9. The first-order valence-corrected chi connectivity index (χ1v) is 7.46. The molecule has 0 radical (unpaired) electrons. The van der Waals surface area contributed by atoms with Gasteiger partial charge in [-0.25, -0.2) is 0 Å². The van der Waals surface area contributed by atoms with Gasteiger partial charge in [0.15, 0.2) is 5.96 Å². The van der Waals surface area contributed by atoms with Crippen LogP contribution in [0.1, 0.15) is 24.0 Å². The molecule has 0 saturated heterocycles. The van der Waals surface area contributed by atoms with E-state index >= 15 is 0 Å². The van der Waals surface area contributed by atoms with Crippen LogP contribution in [0.4, 0.5) is 0 Å². The third-order valence-corrected chi connectivity index (χ3v) is 3.42. The molecule has 2 rings (SSSR count). The largest absolute Gasteiger partial charge is 0.355 e. The average molecular weight is 301 g/mol. The van der Waals surface area contributed by atoms with E-state index < -0.39 is 0 Å². The number of aromatic nitrogens is 4. The predicted octanol–water partition coefficient (Wildman–Crippen LogP) is 0.909. The van der Waals surface area contributed by atoms with Crippen LogP contribution >= 0.6 is 0 Å². The minimum atomic E-state index is 0.652. The summed E-state index contributed by atoms with van der Waals surface area (Å²) in [6.07, 6.45) is 4.44. The summed E-state index contributed by atoms with van der Waals surface area (Å²) in [5.74, 6) is 1.75. The fourth-order valence-electron chi connectivity index (χ4n) is 2.13. The zero-order chi connectivity index (χ0) is 15.8. The molecule has 0 bridgehead atoms. The van der Waals surface area contributed by atoms with Gasteiger partial charge in [0.25, 0.3) is 0 Å². The molecule has 2 N–H and O–H groups in total. The van der Waals surface area contributed by atoms with Crippen molar-refractivity contribution in [3.05, 3.63) is 41.7 Å². The van der Waals surface area contributed by atoms with Crippen LogP contribution in [0.3, 0.4) is 0 Å². The van der Waals surface area contributed by atoms with E-state index in [1.807, 2.05) is 10.6 Å². The van der Waals surface area contributed by atoms with Crippen molar-refractivity contribution in [3.8, 4) is 0 Å². The maximum absolute atomic E-state index is 4.36. The molecule has 0 saturated carbocycles. The monoisotopic (exact) mass is 301 g/mol. The normalized spacial score (nSPS) is 11.5. The Bertz CT molecular complexity index is 618. The van der Waals surface area contributed by atoms with Gasteiger partial charge in [0.1, 0.15) is 12.2 Å². The number of nitrogens with one attached hydrogen (secondary N) is 2. The maximum Gasteiger partial charge on any atom is 0.191 e. The van der Waals surface area contributed by atoms with Crippen LogP contribution in [0.25, 0.3) is 0 Å². The Morgan fingerprint density at radius 2 is 2.23 bits per heavy atom.